The predicted molar refractivity (Wildman–Crippen MR) is 72.3 cm³/mol. The van der Waals surface area contributed by atoms with Crippen molar-refractivity contribution in [1.82, 2.24) is 4.98 Å². The molecule has 0 amide bonds. The first kappa shape index (κ1) is 10.8. The van der Waals surface area contributed by atoms with E-state index in [-0.39, 0.29) is 6.04 Å². The zero-order chi connectivity index (χ0) is 12.0. The maximum Gasteiger partial charge on any atom is 0.0459 e. The fraction of sp³-hybridized carbons (Fsp3) is 0.467. The lowest BCUT2D eigenvalue weighted by molar-refractivity contribution is 0.569. The van der Waals surface area contributed by atoms with E-state index in [9.17, 15) is 0 Å². The first-order valence-corrected chi connectivity index (χ1v) is 6.57. The molecule has 3 N–H and O–H groups in total. The molecule has 0 aliphatic heterocycles. The van der Waals surface area contributed by atoms with Crippen molar-refractivity contribution in [1.29, 1.82) is 0 Å². The predicted octanol–water partition coefficient (Wildman–Crippen LogP) is 3.63. The van der Waals surface area contributed by atoms with E-state index < -0.39 is 0 Å². The van der Waals surface area contributed by atoms with Crippen molar-refractivity contribution in [3.8, 4) is 0 Å². The van der Waals surface area contributed by atoms with E-state index in [0.717, 1.165) is 12.8 Å². The number of nitrogens with one attached hydrogen (secondary N) is 1. The third-order valence-corrected chi connectivity index (χ3v) is 3.92. The standard InChI is InChI=1S/C15H20N2/c1-9(2)10-6-7-13-11(8-10)15-12(16)4-3-5-14(15)17-13/h6-9,12,17H,3-5,16H2,1-2H3. The average Bonchev–Trinajstić information content (AvgIpc) is 2.67. The van der Waals surface area contributed by atoms with Crippen LogP contribution in [0.3, 0.4) is 0 Å². The van der Waals surface area contributed by atoms with Gasteiger partial charge in [-0.15, -0.1) is 0 Å². The second-order valence-electron chi connectivity index (χ2n) is 5.48. The Balaban J connectivity index is 2.24. The van der Waals surface area contributed by atoms with E-state index in [1.54, 1.807) is 0 Å². The maximum absolute atomic E-state index is 6.26. The summed E-state index contributed by atoms with van der Waals surface area (Å²) in [6, 6.07) is 6.96. The highest BCUT2D eigenvalue weighted by Gasteiger charge is 2.21. The zero-order valence-electron chi connectivity index (χ0n) is 10.6. The molecule has 17 heavy (non-hydrogen) atoms. The largest absolute Gasteiger partial charge is 0.358 e. The number of fused-ring (bicyclic) bond motifs is 3. The lowest BCUT2D eigenvalue weighted by atomic mass is 9.90. The molecule has 2 heteroatoms. The first-order chi connectivity index (χ1) is 8.16. The summed E-state index contributed by atoms with van der Waals surface area (Å²) in [6.45, 7) is 4.47. The minimum Gasteiger partial charge on any atom is -0.358 e. The normalized spacial score (nSPS) is 19.9. The molecule has 1 heterocycles. The monoisotopic (exact) mass is 228 g/mol. The van der Waals surface area contributed by atoms with Crippen molar-refractivity contribution < 1.29 is 0 Å². The van der Waals surface area contributed by atoms with Gasteiger partial charge in [-0.1, -0.05) is 19.9 Å². The van der Waals surface area contributed by atoms with Crippen molar-refractivity contribution in [3.63, 3.8) is 0 Å². The Morgan fingerprint density at radius 3 is 2.94 bits per heavy atom. The van der Waals surface area contributed by atoms with Crippen LogP contribution in [0, 0.1) is 0 Å². The smallest absolute Gasteiger partial charge is 0.0459 e. The van der Waals surface area contributed by atoms with Crippen LogP contribution in [0.1, 0.15) is 55.5 Å². The van der Waals surface area contributed by atoms with Gasteiger partial charge < -0.3 is 10.7 Å². The van der Waals surface area contributed by atoms with Crippen LogP contribution in [0.25, 0.3) is 10.9 Å². The molecular weight excluding hydrogens is 208 g/mol. The van der Waals surface area contributed by atoms with Crippen LogP contribution < -0.4 is 5.73 Å². The number of hydrogen-bond acceptors (Lipinski definition) is 1. The second-order valence-corrected chi connectivity index (χ2v) is 5.48. The highest BCUT2D eigenvalue weighted by molar-refractivity contribution is 5.86. The summed E-state index contributed by atoms with van der Waals surface area (Å²) >= 11 is 0. The molecule has 1 aliphatic rings. The lowest BCUT2D eigenvalue weighted by Gasteiger charge is -2.19. The number of rotatable bonds is 1. The molecule has 1 aliphatic carbocycles. The summed E-state index contributed by atoms with van der Waals surface area (Å²) in [4.78, 5) is 3.53. The molecule has 90 valence electrons. The quantitative estimate of drug-likeness (QED) is 0.769. The van der Waals surface area contributed by atoms with Gasteiger partial charge in [0.05, 0.1) is 0 Å². The molecule has 2 nitrogen and oxygen atoms in total. The lowest BCUT2D eigenvalue weighted by Crippen LogP contribution is -2.16. The van der Waals surface area contributed by atoms with Gasteiger partial charge in [0, 0.05) is 22.6 Å². The fourth-order valence-electron chi connectivity index (χ4n) is 2.91. The summed E-state index contributed by atoms with van der Waals surface area (Å²) in [5.74, 6) is 0.574. The van der Waals surface area contributed by atoms with Gasteiger partial charge in [0.25, 0.3) is 0 Å². The molecule has 1 atom stereocenters. The summed E-state index contributed by atoms with van der Waals surface area (Å²) in [6.07, 6.45) is 3.47. The van der Waals surface area contributed by atoms with Gasteiger partial charge in [-0.2, -0.15) is 0 Å². The SMILES string of the molecule is CC(C)c1ccc2[nH]c3c(c2c1)C(N)CCC3. The van der Waals surface area contributed by atoms with Gasteiger partial charge in [-0.05, 0) is 48.4 Å². The Hall–Kier alpha value is -1.28. The summed E-state index contributed by atoms with van der Waals surface area (Å²) in [7, 11) is 0. The molecule has 0 saturated heterocycles. The molecule has 1 unspecified atom stereocenters. The number of H-pyrrole nitrogens is 1. The Morgan fingerprint density at radius 2 is 2.18 bits per heavy atom. The molecule has 0 fully saturated rings. The summed E-state index contributed by atoms with van der Waals surface area (Å²) < 4.78 is 0. The second kappa shape index (κ2) is 3.88. The van der Waals surface area contributed by atoms with Gasteiger partial charge in [-0.25, -0.2) is 0 Å². The van der Waals surface area contributed by atoms with Crippen molar-refractivity contribution in [3.05, 3.63) is 35.0 Å². The van der Waals surface area contributed by atoms with Crippen molar-refractivity contribution >= 4 is 10.9 Å². The first-order valence-electron chi connectivity index (χ1n) is 6.57. The minimum absolute atomic E-state index is 0.218. The van der Waals surface area contributed by atoms with Crippen LogP contribution >= 0.6 is 0 Å². The van der Waals surface area contributed by atoms with Crippen LogP contribution in [0.2, 0.25) is 0 Å². The molecule has 2 aromatic rings. The minimum atomic E-state index is 0.218. The van der Waals surface area contributed by atoms with Gasteiger partial charge in [0.15, 0.2) is 0 Å². The molecule has 1 aromatic heterocycles. The molecule has 0 bridgehead atoms. The van der Waals surface area contributed by atoms with Crippen LogP contribution in [0.5, 0.6) is 0 Å². The van der Waals surface area contributed by atoms with Crippen LogP contribution in [0.4, 0.5) is 0 Å². The van der Waals surface area contributed by atoms with E-state index in [4.69, 9.17) is 5.73 Å². The molecule has 1 aromatic carbocycles. The Morgan fingerprint density at radius 1 is 1.35 bits per heavy atom. The van der Waals surface area contributed by atoms with E-state index in [1.165, 1.54) is 34.1 Å². The molecular formula is C15H20N2. The van der Waals surface area contributed by atoms with Gasteiger partial charge in [-0.3, -0.25) is 0 Å². The summed E-state index contributed by atoms with van der Waals surface area (Å²) in [5, 5.41) is 1.35. The highest BCUT2D eigenvalue weighted by atomic mass is 14.8. The van der Waals surface area contributed by atoms with Crippen LogP contribution in [-0.4, -0.2) is 4.98 Å². The van der Waals surface area contributed by atoms with Gasteiger partial charge >= 0.3 is 0 Å². The number of aromatic amines is 1. The number of benzene rings is 1. The highest BCUT2D eigenvalue weighted by Crippen LogP contribution is 2.35. The number of aryl methyl sites for hydroxylation is 1. The van der Waals surface area contributed by atoms with E-state index in [2.05, 4.69) is 37.0 Å². The average molecular weight is 228 g/mol. The van der Waals surface area contributed by atoms with Crippen molar-refractivity contribution in [2.45, 2.75) is 45.1 Å². The van der Waals surface area contributed by atoms with E-state index in [1.807, 2.05) is 0 Å². The topological polar surface area (TPSA) is 41.8 Å². The summed E-state index contributed by atoms with van der Waals surface area (Å²) in [5.41, 5.74) is 11.6. The van der Waals surface area contributed by atoms with Gasteiger partial charge in [0.1, 0.15) is 0 Å². The fourth-order valence-corrected chi connectivity index (χ4v) is 2.91. The zero-order valence-corrected chi connectivity index (χ0v) is 10.6. The number of hydrogen-bond donors (Lipinski definition) is 2. The molecule has 0 spiro atoms. The van der Waals surface area contributed by atoms with E-state index in [0.29, 0.717) is 5.92 Å². The molecule has 3 rings (SSSR count). The molecule has 0 radical (unpaired) electrons. The Bertz CT molecular complexity index is 551. The van der Waals surface area contributed by atoms with Crippen molar-refractivity contribution in [2.75, 3.05) is 0 Å². The van der Waals surface area contributed by atoms with Gasteiger partial charge in [0.2, 0.25) is 0 Å². The van der Waals surface area contributed by atoms with Crippen LogP contribution in [0.15, 0.2) is 18.2 Å². The third kappa shape index (κ3) is 1.67. The third-order valence-electron chi connectivity index (χ3n) is 3.92. The van der Waals surface area contributed by atoms with Crippen LogP contribution in [-0.2, 0) is 6.42 Å². The number of nitrogens with two attached hydrogens (primary N) is 1. The Labute approximate surface area is 102 Å². The van der Waals surface area contributed by atoms with E-state index >= 15 is 0 Å². The number of aromatic nitrogens is 1. The maximum atomic E-state index is 6.26. The Kier molecular flexibility index (Phi) is 2.48. The molecule has 0 saturated carbocycles. The van der Waals surface area contributed by atoms with Crippen molar-refractivity contribution in [2.24, 2.45) is 5.73 Å².